The smallest absolute Gasteiger partial charge is 0.274 e. The lowest BCUT2D eigenvalue weighted by molar-refractivity contribution is 0.276. The Morgan fingerprint density at radius 1 is 1.08 bits per heavy atom. The molecular weight excluding hydrogens is 477 g/mol. The number of fused-ring (bicyclic) bond motifs is 3. The number of halogens is 1. The molecule has 0 radical (unpaired) electrons. The summed E-state index contributed by atoms with van der Waals surface area (Å²) in [5.74, 6) is 0.0410. The van der Waals surface area contributed by atoms with Crippen molar-refractivity contribution >= 4 is 28.1 Å². The minimum atomic E-state index is -0.543. The monoisotopic (exact) mass is 499 g/mol. The van der Waals surface area contributed by atoms with E-state index in [9.17, 15) is 9.90 Å². The molecule has 0 unspecified atom stereocenters. The third-order valence-electron chi connectivity index (χ3n) is 6.33. The quantitative estimate of drug-likeness (QED) is 0.289. The Morgan fingerprint density at radius 2 is 1.89 bits per heavy atom. The summed E-state index contributed by atoms with van der Waals surface area (Å²) < 4.78 is 24.2. The molecule has 11 heteroatoms. The van der Waals surface area contributed by atoms with Gasteiger partial charge in [0.1, 0.15) is 11.3 Å². The molecular formula is C26H22FN7O3. The minimum Gasteiger partial charge on any atom is -0.423 e. The number of aromatic nitrogens is 5. The molecule has 3 aromatic heterocycles. The zero-order valence-electron chi connectivity index (χ0n) is 19.5. The Bertz CT molecular complexity index is 1660. The van der Waals surface area contributed by atoms with E-state index in [4.69, 9.17) is 4.42 Å². The zero-order chi connectivity index (χ0) is 25.4. The van der Waals surface area contributed by atoms with E-state index in [1.54, 1.807) is 16.8 Å². The second-order valence-corrected chi connectivity index (χ2v) is 8.54. The highest BCUT2D eigenvalue weighted by atomic mass is 19.1. The number of nitrogens with zero attached hydrogens (tertiary/aromatic N) is 5. The van der Waals surface area contributed by atoms with Gasteiger partial charge in [-0.2, -0.15) is 0 Å². The summed E-state index contributed by atoms with van der Waals surface area (Å²) in [5.41, 5.74) is 2.14. The third-order valence-corrected chi connectivity index (χ3v) is 6.33. The molecule has 6 rings (SSSR count). The van der Waals surface area contributed by atoms with E-state index in [0.29, 0.717) is 35.5 Å². The number of benzene rings is 2. The van der Waals surface area contributed by atoms with E-state index in [1.807, 2.05) is 42.5 Å². The molecule has 1 aliphatic heterocycles. The second-order valence-electron chi connectivity index (χ2n) is 8.54. The van der Waals surface area contributed by atoms with Crippen LogP contribution in [0.2, 0.25) is 0 Å². The number of aliphatic hydroxyl groups excluding tert-OH is 1. The first-order valence-electron chi connectivity index (χ1n) is 11.7. The van der Waals surface area contributed by atoms with Crippen LogP contribution in [0.3, 0.4) is 0 Å². The average molecular weight is 500 g/mol. The SMILES string of the molecule is O=c1c2ccc(Nc3cc(N[C@H](CO)c4ccccc4)c(-c4nnco4)cn3)c(F)c2n2n1CC=CC2. The maximum atomic E-state index is 15.7. The van der Waals surface area contributed by atoms with Crippen molar-refractivity contribution in [2.24, 2.45) is 0 Å². The van der Waals surface area contributed by atoms with Crippen molar-refractivity contribution < 1.29 is 13.9 Å². The van der Waals surface area contributed by atoms with E-state index in [-0.39, 0.29) is 29.3 Å². The number of anilines is 3. The summed E-state index contributed by atoms with van der Waals surface area (Å²) in [4.78, 5) is 17.1. The van der Waals surface area contributed by atoms with Crippen LogP contribution in [0.1, 0.15) is 11.6 Å². The fourth-order valence-corrected chi connectivity index (χ4v) is 4.52. The van der Waals surface area contributed by atoms with Crippen molar-refractivity contribution in [1.82, 2.24) is 24.5 Å². The fraction of sp³-hybridized carbons (Fsp3) is 0.154. The van der Waals surface area contributed by atoms with Gasteiger partial charge in [0.05, 0.1) is 48.1 Å². The first-order valence-corrected chi connectivity index (χ1v) is 11.7. The van der Waals surface area contributed by atoms with Gasteiger partial charge in [-0.25, -0.2) is 14.1 Å². The van der Waals surface area contributed by atoms with Crippen molar-refractivity contribution in [3.63, 3.8) is 0 Å². The van der Waals surface area contributed by atoms with Gasteiger partial charge < -0.3 is 20.2 Å². The summed E-state index contributed by atoms with van der Waals surface area (Å²) in [7, 11) is 0. The molecule has 4 heterocycles. The molecule has 10 nitrogen and oxygen atoms in total. The molecule has 2 aromatic carbocycles. The Hall–Kier alpha value is -4.77. The summed E-state index contributed by atoms with van der Waals surface area (Å²) in [6.07, 6.45) is 6.53. The van der Waals surface area contributed by atoms with Crippen molar-refractivity contribution in [2.45, 2.75) is 19.1 Å². The molecule has 0 aliphatic carbocycles. The molecule has 0 spiro atoms. The van der Waals surface area contributed by atoms with Gasteiger partial charge in [0.15, 0.2) is 5.82 Å². The summed E-state index contributed by atoms with van der Waals surface area (Å²) in [6.45, 7) is 0.635. The molecule has 0 amide bonds. The molecule has 5 aromatic rings. The lowest BCUT2D eigenvalue weighted by atomic mass is 10.1. The van der Waals surface area contributed by atoms with Crippen molar-refractivity contribution in [2.75, 3.05) is 17.2 Å². The largest absolute Gasteiger partial charge is 0.423 e. The maximum Gasteiger partial charge on any atom is 0.274 e. The first-order chi connectivity index (χ1) is 18.1. The fourth-order valence-electron chi connectivity index (χ4n) is 4.52. The predicted molar refractivity (Wildman–Crippen MR) is 136 cm³/mol. The highest BCUT2D eigenvalue weighted by molar-refractivity contribution is 5.85. The van der Waals surface area contributed by atoms with E-state index >= 15 is 4.39 Å². The Kier molecular flexibility index (Phi) is 5.73. The molecule has 0 saturated heterocycles. The van der Waals surface area contributed by atoms with Gasteiger partial charge in [-0.05, 0) is 17.7 Å². The van der Waals surface area contributed by atoms with Gasteiger partial charge in [0, 0.05) is 12.3 Å². The lowest BCUT2D eigenvalue weighted by Gasteiger charge is -2.20. The number of hydrogen-bond acceptors (Lipinski definition) is 8. The van der Waals surface area contributed by atoms with Gasteiger partial charge in [0.25, 0.3) is 11.4 Å². The molecule has 0 bridgehead atoms. The van der Waals surface area contributed by atoms with Crippen molar-refractivity contribution in [3.8, 4) is 11.5 Å². The number of hydrogen-bond donors (Lipinski definition) is 3. The third kappa shape index (κ3) is 4.04. The minimum absolute atomic E-state index is 0.174. The van der Waals surface area contributed by atoms with Crippen LogP contribution in [0.4, 0.5) is 21.6 Å². The molecule has 3 N–H and O–H groups in total. The Labute approximate surface area is 209 Å². The lowest BCUT2D eigenvalue weighted by Crippen LogP contribution is -2.24. The summed E-state index contributed by atoms with van der Waals surface area (Å²) in [6, 6.07) is 13.9. The Balaban J connectivity index is 1.39. The van der Waals surface area contributed by atoms with Crippen LogP contribution in [0, 0.1) is 5.82 Å². The highest BCUT2D eigenvalue weighted by Crippen LogP contribution is 2.33. The molecule has 37 heavy (non-hydrogen) atoms. The molecule has 186 valence electrons. The molecule has 1 atom stereocenters. The van der Waals surface area contributed by atoms with E-state index in [0.717, 1.165) is 5.56 Å². The van der Waals surface area contributed by atoms with Crippen LogP contribution in [-0.4, -0.2) is 36.3 Å². The molecule has 1 aliphatic rings. The van der Waals surface area contributed by atoms with Crippen LogP contribution in [0.5, 0.6) is 0 Å². The first kappa shape index (κ1) is 22.7. The average Bonchev–Trinajstić information content (AvgIpc) is 3.57. The van der Waals surface area contributed by atoms with Crippen molar-refractivity contribution in [1.29, 1.82) is 0 Å². The van der Waals surface area contributed by atoms with Gasteiger partial charge in [-0.15, -0.1) is 10.2 Å². The van der Waals surface area contributed by atoms with E-state index < -0.39 is 11.9 Å². The topological polar surface area (TPSA) is 123 Å². The van der Waals surface area contributed by atoms with Gasteiger partial charge in [-0.3, -0.25) is 9.48 Å². The van der Waals surface area contributed by atoms with Crippen molar-refractivity contribution in [3.05, 3.63) is 95.0 Å². The highest BCUT2D eigenvalue weighted by Gasteiger charge is 2.21. The number of pyridine rings is 1. The Morgan fingerprint density at radius 3 is 2.65 bits per heavy atom. The van der Waals surface area contributed by atoms with Gasteiger partial charge in [-0.1, -0.05) is 42.5 Å². The van der Waals surface area contributed by atoms with Crippen LogP contribution >= 0.6 is 0 Å². The number of allylic oxidation sites excluding steroid dienone is 2. The number of rotatable bonds is 7. The van der Waals surface area contributed by atoms with E-state index in [1.165, 1.54) is 23.3 Å². The van der Waals surface area contributed by atoms with Crippen LogP contribution in [0.25, 0.3) is 22.4 Å². The van der Waals surface area contributed by atoms with Crippen LogP contribution in [0.15, 0.2) is 82.5 Å². The maximum absolute atomic E-state index is 15.7. The normalized spacial score (nSPS) is 13.5. The number of nitrogens with one attached hydrogen (secondary N) is 2. The molecule has 0 saturated carbocycles. The second kappa shape index (κ2) is 9.36. The van der Waals surface area contributed by atoms with Gasteiger partial charge >= 0.3 is 0 Å². The number of aliphatic hydroxyl groups is 1. The molecule has 0 fully saturated rings. The summed E-state index contributed by atoms with van der Waals surface area (Å²) in [5, 5.41) is 24.5. The zero-order valence-corrected chi connectivity index (χ0v) is 19.5. The van der Waals surface area contributed by atoms with Gasteiger partial charge in [0.2, 0.25) is 6.39 Å². The summed E-state index contributed by atoms with van der Waals surface area (Å²) >= 11 is 0. The standard InChI is InChI=1S/C26H22FN7O3/c27-23-19(9-8-17-24(23)33-10-4-5-11-34(33)26(17)36)31-22-12-20(18(13-28-22)25-32-29-15-37-25)30-21(14-35)16-6-2-1-3-7-16/h1-9,12-13,15,21,35H,10-11,14H2,(H2,28,30,31)/t21-/m1/s1. The predicted octanol–water partition coefficient (Wildman–Crippen LogP) is 3.85. The van der Waals surface area contributed by atoms with E-state index in [2.05, 4.69) is 25.8 Å². The van der Waals surface area contributed by atoms with Crippen LogP contribution < -0.4 is 16.2 Å². The van der Waals surface area contributed by atoms with Crippen LogP contribution in [-0.2, 0) is 13.1 Å².